The predicted molar refractivity (Wildman–Crippen MR) is 75.5 cm³/mol. The Morgan fingerprint density at radius 1 is 1.53 bits per heavy atom. The van der Waals surface area contributed by atoms with Crippen LogP contribution in [0.1, 0.15) is 6.92 Å². The molecule has 0 unspecified atom stereocenters. The van der Waals surface area contributed by atoms with Crippen molar-refractivity contribution in [1.82, 2.24) is 10.2 Å². The zero-order chi connectivity index (χ0) is 13.7. The number of anilines is 1. The lowest BCUT2D eigenvalue weighted by atomic mass is 10.2. The topological polar surface area (TPSA) is 53.6 Å². The maximum atomic E-state index is 12.1. The second kappa shape index (κ2) is 6.54. The minimum absolute atomic E-state index is 0.00162. The Morgan fingerprint density at radius 3 is 3.05 bits per heavy atom. The SMILES string of the molecule is COc1ccccc1NC(=O)CN1CCNC[C@H]1C. The molecular weight excluding hydrogens is 242 g/mol. The van der Waals surface area contributed by atoms with Crippen LogP contribution in [0, 0.1) is 0 Å². The molecule has 0 aliphatic carbocycles. The first-order valence-electron chi connectivity index (χ1n) is 6.58. The summed E-state index contributed by atoms with van der Waals surface area (Å²) in [5, 5.41) is 6.22. The molecule has 1 aromatic carbocycles. The van der Waals surface area contributed by atoms with E-state index in [0.717, 1.165) is 25.3 Å². The lowest BCUT2D eigenvalue weighted by Gasteiger charge is -2.33. The molecule has 1 aliphatic heterocycles. The third-order valence-corrected chi connectivity index (χ3v) is 3.37. The van der Waals surface area contributed by atoms with Gasteiger partial charge in [0.2, 0.25) is 5.91 Å². The van der Waals surface area contributed by atoms with Crippen LogP contribution in [0.4, 0.5) is 5.69 Å². The fourth-order valence-electron chi connectivity index (χ4n) is 2.24. The summed E-state index contributed by atoms with van der Waals surface area (Å²) in [7, 11) is 1.60. The standard InChI is InChI=1S/C14H21N3O2/c1-11-9-15-7-8-17(11)10-14(18)16-12-5-3-4-6-13(12)19-2/h3-6,11,15H,7-10H2,1-2H3,(H,16,18)/t11-/m1/s1. The second-order valence-corrected chi connectivity index (χ2v) is 4.77. The number of rotatable bonds is 4. The molecule has 1 saturated heterocycles. The minimum Gasteiger partial charge on any atom is -0.495 e. The quantitative estimate of drug-likeness (QED) is 0.848. The summed E-state index contributed by atoms with van der Waals surface area (Å²) in [6, 6.07) is 7.83. The van der Waals surface area contributed by atoms with Crippen LogP contribution < -0.4 is 15.4 Å². The van der Waals surface area contributed by atoms with E-state index in [2.05, 4.69) is 22.5 Å². The van der Waals surface area contributed by atoms with Crippen molar-refractivity contribution in [3.8, 4) is 5.75 Å². The van der Waals surface area contributed by atoms with E-state index in [0.29, 0.717) is 18.3 Å². The number of nitrogens with zero attached hydrogens (tertiary/aromatic N) is 1. The summed E-state index contributed by atoms with van der Waals surface area (Å²) in [6.07, 6.45) is 0. The van der Waals surface area contributed by atoms with Gasteiger partial charge in [-0.3, -0.25) is 9.69 Å². The summed E-state index contributed by atoms with van der Waals surface area (Å²) in [4.78, 5) is 14.2. The van der Waals surface area contributed by atoms with Gasteiger partial charge in [-0.2, -0.15) is 0 Å². The number of hydrogen-bond donors (Lipinski definition) is 2. The van der Waals surface area contributed by atoms with Crippen molar-refractivity contribution in [3.05, 3.63) is 24.3 Å². The molecule has 1 amide bonds. The molecule has 2 rings (SSSR count). The Morgan fingerprint density at radius 2 is 2.32 bits per heavy atom. The molecule has 19 heavy (non-hydrogen) atoms. The molecule has 0 radical (unpaired) electrons. The maximum absolute atomic E-state index is 12.1. The molecule has 1 fully saturated rings. The summed E-state index contributed by atoms with van der Waals surface area (Å²) < 4.78 is 5.22. The van der Waals surface area contributed by atoms with Gasteiger partial charge >= 0.3 is 0 Å². The van der Waals surface area contributed by atoms with Crippen molar-refractivity contribution in [2.75, 3.05) is 38.6 Å². The number of amides is 1. The molecule has 5 heteroatoms. The molecular formula is C14H21N3O2. The third kappa shape index (κ3) is 3.68. The molecule has 0 spiro atoms. The average molecular weight is 263 g/mol. The van der Waals surface area contributed by atoms with Crippen LogP contribution in [-0.4, -0.2) is 50.1 Å². The fraction of sp³-hybridized carbons (Fsp3) is 0.500. The molecule has 0 bridgehead atoms. The van der Waals surface area contributed by atoms with Crippen molar-refractivity contribution >= 4 is 11.6 Å². The highest BCUT2D eigenvalue weighted by Crippen LogP contribution is 2.22. The van der Waals surface area contributed by atoms with E-state index < -0.39 is 0 Å². The Kier molecular flexibility index (Phi) is 4.76. The van der Waals surface area contributed by atoms with Crippen LogP contribution in [0.3, 0.4) is 0 Å². The molecule has 1 aliphatic rings. The van der Waals surface area contributed by atoms with Gasteiger partial charge in [-0.25, -0.2) is 0 Å². The van der Waals surface area contributed by atoms with Crippen LogP contribution in [0.5, 0.6) is 5.75 Å². The molecule has 1 aromatic rings. The largest absolute Gasteiger partial charge is 0.495 e. The Labute approximate surface area is 113 Å². The number of carbonyl (C=O) groups is 1. The van der Waals surface area contributed by atoms with E-state index in [-0.39, 0.29) is 5.91 Å². The van der Waals surface area contributed by atoms with E-state index >= 15 is 0 Å². The Balaban J connectivity index is 1.93. The highest BCUT2D eigenvalue weighted by Gasteiger charge is 2.20. The van der Waals surface area contributed by atoms with Gasteiger partial charge in [-0.1, -0.05) is 12.1 Å². The van der Waals surface area contributed by atoms with Crippen molar-refractivity contribution < 1.29 is 9.53 Å². The number of para-hydroxylation sites is 2. The minimum atomic E-state index is -0.00162. The third-order valence-electron chi connectivity index (χ3n) is 3.37. The summed E-state index contributed by atoms with van der Waals surface area (Å²) >= 11 is 0. The number of hydrogen-bond acceptors (Lipinski definition) is 4. The second-order valence-electron chi connectivity index (χ2n) is 4.77. The van der Waals surface area contributed by atoms with Gasteiger partial charge < -0.3 is 15.4 Å². The normalized spacial score (nSPS) is 20.0. The van der Waals surface area contributed by atoms with Gasteiger partial charge in [0.05, 0.1) is 19.3 Å². The highest BCUT2D eigenvalue weighted by atomic mass is 16.5. The van der Waals surface area contributed by atoms with Crippen LogP contribution in [0.15, 0.2) is 24.3 Å². The first-order valence-corrected chi connectivity index (χ1v) is 6.58. The van der Waals surface area contributed by atoms with Gasteiger partial charge in [0.1, 0.15) is 5.75 Å². The summed E-state index contributed by atoms with van der Waals surface area (Å²) in [5.74, 6) is 0.683. The fourth-order valence-corrected chi connectivity index (χ4v) is 2.24. The molecule has 1 atom stereocenters. The lowest BCUT2D eigenvalue weighted by Crippen LogP contribution is -2.51. The van der Waals surface area contributed by atoms with Crippen molar-refractivity contribution in [3.63, 3.8) is 0 Å². The lowest BCUT2D eigenvalue weighted by molar-refractivity contribution is -0.118. The van der Waals surface area contributed by atoms with Crippen LogP contribution >= 0.6 is 0 Å². The van der Waals surface area contributed by atoms with E-state index in [1.54, 1.807) is 7.11 Å². The van der Waals surface area contributed by atoms with E-state index in [4.69, 9.17) is 4.74 Å². The van der Waals surface area contributed by atoms with Crippen LogP contribution in [-0.2, 0) is 4.79 Å². The van der Waals surface area contributed by atoms with E-state index in [9.17, 15) is 4.79 Å². The number of benzene rings is 1. The molecule has 0 aromatic heterocycles. The zero-order valence-corrected chi connectivity index (χ0v) is 11.5. The van der Waals surface area contributed by atoms with Gasteiger partial charge in [0.25, 0.3) is 0 Å². The molecule has 5 nitrogen and oxygen atoms in total. The van der Waals surface area contributed by atoms with Gasteiger partial charge in [-0.15, -0.1) is 0 Å². The van der Waals surface area contributed by atoms with Gasteiger partial charge in [0, 0.05) is 25.7 Å². The maximum Gasteiger partial charge on any atom is 0.238 e. The number of carbonyl (C=O) groups excluding carboxylic acids is 1. The summed E-state index contributed by atoms with van der Waals surface area (Å²) in [5.41, 5.74) is 0.720. The Bertz CT molecular complexity index is 436. The number of methoxy groups -OCH3 is 1. The Hall–Kier alpha value is -1.59. The number of nitrogens with one attached hydrogen (secondary N) is 2. The van der Waals surface area contributed by atoms with Gasteiger partial charge in [0.15, 0.2) is 0 Å². The predicted octanol–water partition coefficient (Wildman–Crippen LogP) is 0.927. The number of ether oxygens (including phenoxy) is 1. The average Bonchev–Trinajstić information content (AvgIpc) is 2.42. The van der Waals surface area contributed by atoms with Crippen molar-refractivity contribution in [1.29, 1.82) is 0 Å². The van der Waals surface area contributed by atoms with Crippen LogP contribution in [0.2, 0.25) is 0 Å². The van der Waals surface area contributed by atoms with Crippen molar-refractivity contribution in [2.45, 2.75) is 13.0 Å². The van der Waals surface area contributed by atoms with Crippen LogP contribution in [0.25, 0.3) is 0 Å². The van der Waals surface area contributed by atoms with E-state index in [1.165, 1.54) is 0 Å². The summed E-state index contributed by atoms with van der Waals surface area (Å²) in [6.45, 7) is 5.32. The van der Waals surface area contributed by atoms with Gasteiger partial charge in [-0.05, 0) is 19.1 Å². The van der Waals surface area contributed by atoms with Crippen molar-refractivity contribution in [2.24, 2.45) is 0 Å². The first kappa shape index (κ1) is 13.8. The number of piperazine rings is 1. The van der Waals surface area contributed by atoms with E-state index in [1.807, 2.05) is 24.3 Å². The molecule has 2 N–H and O–H groups in total. The molecule has 0 saturated carbocycles. The monoisotopic (exact) mass is 263 g/mol. The first-order chi connectivity index (χ1) is 9.20. The smallest absolute Gasteiger partial charge is 0.238 e. The molecule has 1 heterocycles. The highest BCUT2D eigenvalue weighted by molar-refractivity contribution is 5.93. The molecule has 104 valence electrons. The zero-order valence-electron chi connectivity index (χ0n) is 11.5.